The Labute approximate surface area is 111 Å². The van der Waals surface area contributed by atoms with Crippen molar-refractivity contribution in [2.75, 3.05) is 23.4 Å². The van der Waals surface area contributed by atoms with Crippen molar-refractivity contribution in [3.05, 3.63) is 30.1 Å². The second-order valence-corrected chi connectivity index (χ2v) is 6.28. The molecule has 2 heterocycles. The number of thioether (sulfide) groups is 1. The van der Waals surface area contributed by atoms with E-state index < -0.39 is 0 Å². The van der Waals surface area contributed by atoms with Crippen LogP contribution in [0.5, 0.6) is 0 Å². The highest BCUT2D eigenvalue weighted by Crippen LogP contribution is 2.38. The molecule has 2 aliphatic rings. The zero-order valence-electron chi connectivity index (χ0n) is 10.3. The molecule has 0 aliphatic carbocycles. The van der Waals surface area contributed by atoms with Gasteiger partial charge in [-0.2, -0.15) is 11.8 Å². The fourth-order valence-electron chi connectivity index (χ4n) is 2.80. The van der Waals surface area contributed by atoms with E-state index in [0.29, 0.717) is 6.04 Å². The van der Waals surface area contributed by atoms with Gasteiger partial charge in [-0.3, -0.25) is 0 Å². The summed E-state index contributed by atoms with van der Waals surface area (Å²) in [7, 11) is 0. The lowest BCUT2D eigenvalue weighted by atomic mass is 9.90. The molecule has 2 fully saturated rings. The Morgan fingerprint density at radius 1 is 1.33 bits per heavy atom. The number of rotatable bonds is 2. The molecule has 1 aromatic rings. The van der Waals surface area contributed by atoms with E-state index in [-0.39, 0.29) is 11.4 Å². The third-order valence-electron chi connectivity index (χ3n) is 3.78. The van der Waals surface area contributed by atoms with Crippen molar-refractivity contribution in [2.24, 2.45) is 0 Å². The van der Waals surface area contributed by atoms with E-state index in [1.165, 1.54) is 24.3 Å². The van der Waals surface area contributed by atoms with Crippen molar-refractivity contribution in [3.8, 4) is 0 Å². The summed E-state index contributed by atoms with van der Waals surface area (Å²) in [5.74, 6) is 2.15. The van der Waals surface area contributed by atoms with Crippen LogP contribution in [0.25, 0.3) is 0 Å². The Hall–Kier alpha value is -0.740. The minimum Gasteiger partial charge on any atom is -0.382 e. The summed E-state index contributed by atoms with van der Waals surface area (Å²) in [6.07, 6.45) is 3.26. The van der Waals surface area contributed by atoms with Crippen molar-refractivity contribution in [2.45, 2.75) is 30.9 Å². The summed E-state index contributed by atoms with van der Waals surface area (Å²) in [4.78, 5) is 0. The maximum atomic E-state index is 12.9. The van der Waals surface area contributed by atoms with Gasteiger partial charge in [0.25, 0.3) is 0 Å². The van der Waals surface area contributed by atoms with E-state index >= 15 is 0 Å². The molecule has 0 radical (unpaired) electrons. The van der Waals surface area contributed by atoms with Crippen molar-refractivity contribution in [1.82, 2.24) is 0 Å². The first kappa shape index (κ1) is 12.3. The van der Waals surface area contributed by atoms with Crippen LogP contribution in [-0.4, -0.2) is 29.8 Å². The largest absolute Gasteiger partial charge is 0.382 e. The van der Waals surface area contributed by atoms with E-state index in [9.17, 15) is 4.39 Å². The van der Waals surface area contributed by atoms with Crippen LogP contribution >= 0.6 is 11.8 Å². The smallest absolute Gasteiger partial charge is 0.123 e. The average molecular weight is 267 g/mol. The lowest BCUT2D eigenvalue weighted by Crippen LogP contribution is -2.44. The van der Waals surface area contributed by atoms with Gasteiger partial charge in [0.15, 0.2) is 0 Å². The molecule has 2 nitrogen and oxygen atoms in total. The van der Waals surface area contributed by atoms with Crippen molar-refractivity contribution >= 4 is 17.4 Å². The minimum atomic E-state index is -0.184. The van der Waals surface area contributed by atoms with Crippen LogP contribution in [0.4, 0.5) is 10.1 Å². The number of nitrogens with one attached hydrogen (secondary N) is 1. The maximum Gasteiger partial charge on any atom is 0.123 e. The van der Waals surface area contributed by atoms with E-state index in [4.69, 9.17) is 4.74 Å². The normalized spacial score (nSPS) is 31.7. The lowest BCUT2D eigenvalue weighted by molar-refractivity contribution is -0.0628. The van der Waals surface area contributed by atoms with E-state index in [1.54, 1.807) is 12.1 Å². The number of benzene rings is 1. The zero-order valence-corrected chi connectivity index (χ0v) is 11.1. The van der Waals surface area contributed by atoms with Crippen LogP contribution in [-0.2, 0) is 4.74 Å². The molecule has 1 N–H and O–H groups in total. The van der Waals surface area contributed by atoms with Crippen LogP contribution in [0, 0.1) is 5.82 Å². The summed E-state index contributed by atoms with van der Waals surface area (Å²) in [5, 5.41) is 3.50. The van der Waals surface area contributed by atoms with Gasteiger partial charge in [0.2, 0.25) is 0 Å². The van der Waals surface area contributed by atoms with Gasteiger partial charge in [-0.25, -0.2) is 4.39 Å². The molecule has 0 saturated carbocycles. The molecule has 98 valence electrons. The Morgan fingerprint density at radius 2 is 2.17 bits per heavy atom. The fraction of sp³-hybridized carbons (Fsp3) is 0.571. The first-order chi connectivity index (χ1) is 8.76. The second kappa shape index (κ2) is 5.10. The monoisotopic (exact) mass is 267 g/mol. The van der Waals surface area contributed by atoms with Gasteiger partial charge in [0.05, 0.1) is 5.60 Å². The molecule has 1 aromatic carbocycles. The molecule has 2 saturated heterocycles. The van der Waals surface area contributed by atoms with Gasteiger partial charge in [0.1, 0.15) is 5.82 Å². The third kappa shape index (κ3) is 2.64. The highest BCUT2D eigenvalue weighted by molar-refractivity contribution is 7.99. The molecule has 2 aliphatic heterocycles. The van der Waals surface area contributed by atoms with Gasteiger partial charge in [-0.05, 0) is 49.3 Å². The van der Waals surface area contributed by atoms with E-state index in [0.717, 1.165) is 30.9 Å². The number of hydrogen-bond donors (Lipinski definition) is 1. The fourth-order valence-corrected chi connectivity index (χ4v) is 4.17. The molecular formula is C14H18FNOS. The zero-order chi connectivity index (χ0) is 12.4. The highest BCUT2D eigenvalue weighted by atomic mass is 32.2. The van der Waals surface area contributed by atoms with E-state index in [2.05, 4.69) is 5.32 Å². The Bertz CT molecular complexity index is 403. The molecule has 2 unspecified atom stereocenters. The summed E-state index contributed by atoms with van der Waals surface area (Å²) in [6.45, 7) is 0.833. The van der Waals surface area contributed by atoms with Gasteiger partial charge in [0, 0.05) is 24.1 Å². The van der Waals surface area contributed by atoms with Crippen LogP contribution in [0.15, 0.2) is 24.3 Å². The molecule has 2 atom stereocenters. The number of halogens is 1. The predicted molar refractivity (Wildman–Crippen MR) is 73.7 cm³/mol. The van der Waals surface area contributed by atoms with Gasteiger partial charge >= 0.3 is 0 Å². The minimum absolute atomic E-state index is 0.0978. The standard InChI is InChI=1S/C14H18FNOS/c15-11-1-3-12(4-2-11)16-13-5-7-17-14(9-13)6-8-18-10-14/h1-4,13,16H,5-10H2. The summed E-state index contributed by atoms with van der Waals surface area (Å²) in [6, 6.07) is 7.07. The van der Waals surface area contributed by atoms with Crippen LogP contribution < -0.4 is 5.32 Å². The van der Waals surface area contributed by atoms with E-state index in [1.807, 2.05) is 11.8 Å². The SMILES string of the molecule is Fc1ccc(NC2CCOC3(CCSC3)C2)cc1. The van der Waals surface area contributed by atoms with Crippen LogP contribution in [0.2, 0.25) is 0 Å². The molecule has 1 spiro atoms. The third-order valence-corrected chi connectivity index (χ3v) is 5.00. The predicted octanol–water partition coefficient (Wildman–Crippen LogP) is 3.29. The number of hydrogen-bond acceptors (Lipinski definition) is 3. The van der Waals surface area contributed by atoms with Crippen molar-refractivity contribution in [1.29, 1.82) is 0 Å². The average Bonchev–Trinajstić information content (AvgIpc) is 2.80. The Balaban J connectivity index is 1.64. The molecule has 3 rings (SSSR count). The number of anilines is 1. The summed E-state index contributed by atoms with van der Waals surface area (Å²) >= 11 is 1.99. The molecule has 0 amide bonds. The maximum absolute atomic E-state index is 12.9. The number of ether oxygens (including phenoxy) is 1. The quantitative estimate of drug-likeness (QED) is 0.888. The second-order valence-electron chi connectivity index (χ2n) is 5.18. The Kier molecular flexibility index (Phi) is 3.48. The van der Waals surface area contributed by atoms with Crippen LogP contribution in [0.1, 0.15) is 19.3 Å². The Morgan fingerprint density at radius 3 is 2.89 bits per heavy atom. The molecule has 4 heteroatoms. The van der Waals surface area contributed by atoms with Gasteiger partial charge < -0.3 is 10.1 Å². The first-order valence-corrected chi connectivity index (χ1v) is 7.65. The van der Waals surface area contributed by atoms with Crippen LogP contribution in [0.3, 0.4) is 0 Å². The molecule has 0 aromatic heterocycles. The summed E-state index contributed by atoms with van der Waals surface area (Å²) < 4.78 is 18.8. The molecule has 0 bridgehead atoms. The highest BCUT2D eigenvalue weighted by Gasteiger charge is 2.40. The van der Waals surface area contributed by atoms with Crippen molar-refractivity contribution < 1.29 is 9.13 Å². The summed E-state index contributed by atoms with van der Waals surface area (Å²) in [5.41, 5.74) is 1.10. The first-order valence-electron chi connectivity index (χ1n) is 6.50. The van der Waals surface area contributed by atoms with Crippen molar-refractivity contribution in [3.63, 3.8) is 0 Å². The molecular weight excluding hydrogens is 249 g/mol. The lowest BCUT2D eigenvalue weighted by Gasteiger charge is -2.38. The topological polar surface area (TPSA) is 21.3 Å². The van der Waals surface area contributed by atoms with Gasteiger partial charge in [-0.15, -0.1) is 0 Å². The molecule has 18 heavy (non-hydrogen) atoms. The van der Waals surface area contributed by atoms with Gasteiger partial charge in [-0.1, -0.05) is 0 Å².